The molecule has 2 heterocycles. The third-order valence-electron chi connectivity index (χ3n) is 3.16. The molecule has 0 aliphatic carbocycles. The Bertz CT molecular complexity index is 742. The van der Waals surface area contributed by atoms with Gasteiger partial charge in [-0.15, -0.1) is 11.3 Å². The molecule has 0 radical (unpaired) electrons. The molecular weight excluding hydrogens is 306 g/mol. The molecule has 1 aromatic carbocycles. The quantitative estimate of drug-likeness (QED) is 0.722. The number of halogens is 1. The van der Waals surface area contributed by atoms with Gasteiger partial charge in [-0.2, -0.15) is 0 Å². The Balaban J connectivity index is 1.67. The molecule has 0 bridgehead atoms. The lowest BCUT2D eigenvalue weighted by Crippen LogP contribution is -2.07. The van der Waals surface area contributed by atoms with E-state index in [9.17, 15) is 0 Å². The zero-order valence-corrected chi connectivity index (χ0v) is 13.0. The molecule has 3 aromatic rings. The van der Waals surface area contributed by atoms with Crippen LogP contribution in [0.1, 0.15) is 5.56 Å². The maximum absolute atomic E-state index is 5.94. The second kappa shape index (κ2) is 6.28. The number of nitrogens with zero attached hydrogens (tertiary/aromatic N) is 2. The van der Waals surface area contributed by atoms with Crippen molar-refractivity contribution in [1.82, 2.24) is 9.97 Å². The minimum atomic E-state index is 0.275. The average molecular weight is 320 g/mol. The predicted octanol–water partition coefficient (Wildman–Crippen LogP) is 4.01. The largest absolute Gasteiger partial charge is 0.497 e. The summed E-state index contributed by atoms with van der Waals surface area (Å²) in [7, 11) is 1.67. The maximum atomic E-state index is 5.94. The van der Waals surface area contributed by atoms with E-state index in [0.717, 1.165) is 34.7 Å². The van der Waals surface area contributed by atoms with E-state index >= 15 is 0 Å². The van der Waals surface area contributed by atoms with E-state index in [-0.39, 0.29) is 5.28 Å². The number of methoxy groups -OCH3 is 1. The highest BCUT2D eigenvalue weighted by Crippen LogP contribution is 2.26. The fourth-order valence-corrected chi connectivity index (χ4v) is 3.06. The van der Waals surface area contributed by atoms with Crippen LogP contribution < -0.4 is 10.1 Å². The van der Waals surface area contributed by atoms with E-state index < -0.39 is 0 Å². The van der Waals surface area contributed by atoms with Crippen molar-refractivity contribution in [2.75, 3.05) is 19.0 Å². The van der Waals surface area contributed by atoms with Crippen LogP contribution in [0.5, 0.6) is 5.75 Å². The van der Waals surface area contributed by atoms with E-state index in [1.54, 1.807) is 18.4 Å². The molecule has 0 saturated carbocycles. The number of nitrogens with one attached hydrogen (secondary N) is 1. The summed E-state index contributed by atoms with van der Waals surface area (Å²) in [5.41, 5.74) is 1.24. The average Bonchev–Trinajstić information content (AvgIpc) is 2.96. The van der Waals surface area contributed by atoms with E-state index in [4.69, 9.17) is 16.3 Å². The highest BCUT2D eigenvalue weighted by Gasteiger charge is 2.07. The topological polar surface area (TPSA) is 47.0 Å². The molecule has 0 spiro atoms. The van der Waals surface area contributed by atoms with Crippen LogP contribution in [0, 0.1) is 0 Å². The second-order valence-electron chi connectivity index (χ2n) is 4.51. The lowest BCUT2D eigenvalue weighted by atomic mass is 10.1. The summed E-state index contributed by atoms with van der Waals surface area (Å²) < 4.78 is 5.15. The van der Waals surface area contributed by atoms with E-state index in [2.05, 4.69) is 27.4 Å². The number of fused-ring (bicyclic) bond motifs is 1. The van der Waals surface area contributed by atoms with Crippen LogP contribution in [0.25, 0.3) is 10.2 Å². The van der Waals surface area contributed by atoms with Crippen LogP contribution >= 0.6 is 22.9 Å². The highest BCUT2D eigenvalue weighted by atomic mass is 35.5. The number of hydrogen-bond acceptors (Lipinski definition) is 5. The predicted molar refractivity (Wildman–Crippen MR) is 87.6 cm³/mol. The standard InChI is InChI=1S/C15H14ClN3OS/c1-20-11-4-2-10(3-5-11)6-8-17-13-12-7-9-21-14(12)19-15(16)18-13/h2-5,7,9H,6,8H2,1H3,(H,17,18,19). The molecule has 0 unspecified atom stereocenters. The normalized spacial score (nSPS) is 10.8. The van der Waals surface area contributed by atoms with Crippen molar-refractivity contribution < 1.29 is 4.74 Å². The Labute approximate surface area is 131 Å². The Morgan fingerprint density at radius 2 is 2.00 bits per heavy atom. The van der Waals surface area contributed by atoms with Crippen molar-refractivity contribution in [2.24, 2.45) is 0 Å². The molecule has 1 N–H and O–H groups in total. The van der Waals surface area contributed by atoms with Crippen LogP contribution in [0.3, 0.4) is 0 Å². The smallest absolute Gasteiger partial charge is 0.225 e. The monoisotopic (exact) mass is 319 g/mol. The van der Waals surface area contributed by atoms with Crippen LogP contribution in [0.4, 0.5) is 5.82 Å². The minimum absolute atomic E-state index is 0.275. The molecule has 6 heteroatoms. The fraction of sp³-hybridized carbons (Fsp3) is 0.200. The molecule has 0 saturated heterocycles. The maximum Gasteiger partial charge on any atom is 0.225 e. The molecule has 2 aromatic heterocycles. The Morgan fingerprint density at radius 3 is 2.76 bits per heavy atom. The van der Waals surface area contributed by atoms with Gasteiger partial charge in [0.15, 0.2) is 0 Å². The first kappa shape index (κ1) is 14.1. The summed E-state index contributed by atoms with van der Waals surface area (Å²) >= 11 is 7.50. The van der Waals surface area contributed by atoms with Crippen molar-refractivity contribution in [2.45, 2.75) is 6.42 Å². The minimum Gasteiger partial charge on any atom is -0.497 e. The number of thiophene rings is 1. The molecule has 0 fully saturated rings. The van der Waals surface area contributed by atoms with Gasteiger partial charge in [-0.3, -0.25) is 0 Å². The molecule has 0 aliphatic rings. The Hall–Kier alpha value is -1.85. The van der Waals surface area contributed by atoms with Gasteiger partial charge in [0.05, 0.1) is 12.5 Å². The van der Waals surface area contributed by atoms with Gasteiger partial charge in [-0.05, 0) is 47.2 Å². The first-order valence-corrected chi connectivity index (χ1v) is 7.79. The van der Waals surface area contributed by atoms with Crippen molar-refractivity contribution in [3.63, 3.8) is 0 Å². The second-order valence-corrected chi connectivity index (χ2v) is 5.74. The number of aromatic nitrogens is 2. The summed E-state index contributed by atoms with van der Waals surface area (Å²) in [4.78, 5) is 9.37. The lowest BCUT2D eigenvalue weighted by molar-refractivity contribution is 0.414. The summed E-state index contributed by atoms with van der Waals surface area (Å²) in [5, 5.41) is 6.61. The third kappa shape index (κ3) is 3.25. The van der Waals surface area contributed by atoms with Crippen LogP contribution in [0.15, 0.2) is 35.7 Å². The zero-order valence-electron chi connectivity index (χ0n) is 11.5. The van der Waals surface area contributed by atoms with Crippen molar-refractivity contribution in [3.8, 4) is 5.75 Å². The number of anilines is 1. The number of rotatable bonds is 5. The van der Waals surface area contributed by atoms with E-state index in [1.165, 1.54) is 5.56 Å². The summed E-state index contributed by atoms with van der Waals surface area (Å²) in [6.45, 7) is 0.782. The molecule has 0 amide bonds. The third-order valence-corrected chi connectivity index (χ3v) is 4.14. The van der Waals surface area contributed by atoms with Gasteiger partial charge in [-0.25, -0.2) is 9.97 Å². The number of ether oxygens (including phenoxy) is 1. The first-order chi connectivity index (χ1) is 10.3. The molecular formula is C15H14ClN3OS. The zero-order chi connectivity index (χ0) is 14.7. The highest BCUT2D eigenvalue weighted by molar-refractivity contribution is 7.16. The van der Waals surface area contributed by atoms with Gasteiger partial charge < -0.3 is 10.1 Å². The molecule has 0 atom stereocenters. The summed E-state index contributed by atoms with van der Waals surface area (Å²) in [6, 6.07) is 10.1. The number of benzene rings is 1. The van der Waals surface area contributed by atoms with Gasteiger partial charge in [0.25, 0.3) is 0 Å². The van der Waals surface area contributed by atoms with Crippen LogP contribution in [-0.2, 0) is 6.42 Å². The van der Waals surface area contributed by atoms with Crippen molar-refractivity contribution in [3.05, 3.63) is 46.6 Å². The molecule has 108 valence electrons. The van der Waals surface area contributed by atoms with E-state index in [1.807, 2.05) is 23.6 Å². The summed E-state index contributed by atoms with van der Waals surface area (Å²) in [5.74, 6) is 1.66. The van der Waals surface area contributed by atoms with Gasteiger partial charge in [0, 0.05) is 6.54 Å². The molecule has 21 heavy (non-hydrogen) atoms. The van der Waals surface area contributed by atoms with Gasteiger partial charge in [0.2, 0.25) is 5.28 Å². The SMILES string of the molecule is COc1ccc(CCNc2nc(Cl)nc3sccc23)cc1. The van der Waals surface area contributed by atoms with Crippen molar-refractivity contribution in [1.29, 1.82) is 0 Å². The Kier molecular flexibility index (Phi) is 4.22. The van der Waals surface area contributed by atoms with Crippen LogP contribution in [0.2, 0.25) is 5.28 Å². The van der Waals surface area contributed by atoms with Gasteiger partial charge in [-0.1, -0.05) is 12.1 Å². The number of hydrogen-bond donors (Lipinski definition) is 1. The Morgan fingerprint density at radius 1 is 1.19 bits per heavy atom. The molecule has 0 aliphatic heterocycles. The molecule has 4 nitrogen and oxygen atoms in total. The molecule has 3 rings (SSSR count). The fourth-order valence-electron chi connectivity index (χ4n) is 2.08. The summed E-state index contributed by atoms with van der Waals surface area (Å²) in [6.07, 6.45) is 0.900. The van der Waals surface area contributed by atoms with E-state index in [0.29, 0.717) is 0 Å². The first-order valence-electron chi connectivity index (χ1n) is 6.54. The van der Waals surface area contributed by atoms with Crippen LogP contribution in [-0.4, -0.2) is 23.6 Å². The van der Waals surface area contributed by atoms with Crippen molar-refractivity contribution >= 4 is 39.0 Å². The lowest BCUT2D eigenvalue weighted by Gasteiger charge is -2.07. The van der Waals surface area contributed by atoms with Gasteiger partial charge >= 0.3 is 0 Å². The van der Waals surface area contributed by atoms with Gasteiger partial charge in [0.1, 0.15) is 16.4 Å².